The number of likely N-dealkylation sites (N-methyl/N-ethyl adjacent to an activating group) is 1. The van der Waals surface area contributed by atoms with E-state index in [1.54, 1.807) is 18.0 Å². The van der Waals surface area contributed by atoms with Crippen molar-refractivity contribution in [1.82, 2.24) is 10.2 Å². The first-order valence-corrected chi connectivity index (χ1v) is 10.6. The third-order valence-corrected chi connectivity index (χ3v) is 5.57. The second-order valence-corrected chi connectivity index (χ2v) is 7.95. The molecule has 0 fully saturated rings. The molecule has 0 aliphatic heterocycles. The van der Waals surface area contributed by atoms with Gasteiger partial charge in [0.25, 0.3) is 0 Å². The van der Waals surface area contributed by atoms with Crippen LogP contribution in [0.1, 0.15) is 56.2 Å². The lowest BCUT2D eigenvalue weighted by atomic mass is 10.00. The summed E-state index contributed by atoms with van der Waals surface area (Å²) in [4.78, 5) is 27.2. The summed E-state index contributed by atoms with van der Waals surface area (Å²) in [5.74, 6) is 0.275. The molecule has 2 aromatic carbocycles. The molecule has 0 aromatic heterocycles. The zero-order valence-electron chi connectivity index (χ0n) is 17.7. The number of benzene rings is 2. The van der Waals surface area contributed by atoms with Crippen LogP contribution in [0.4, 0.5) is 0 Å². The van der Waals surface area contributed by atoms with Crippen LogP contribution in [-0.4, -0.2) is 29.8 Å². The summed E-state index contributed by atoms with van der Waals surface area (Å²) in [7, 11) is 1.60. The molecule has 4 nitrogen and oxygen atoms in total. The van der Waals surface area contributed by atoms with Crippen molar-refractivity contribution in [2.45, 2.75) is 58.5 Å². The van der Waals surface area contributed by atoms with Crippen molar-refractivity contribution in [2.75, 3.05) is 7.05 Å². The molecule has 29 heavy (non-hydrogen) atoms. The van der Waals surface area contributed by atoms with Gasteiger partial charge in [0.15, 0.2) is 0 Å². The highest BCUT2D eigenvalue weighted by Gasteiger charge is 2.28. The van der Waals surface area contributed by atoms with Crippen molar-refractivity contribution >= 4 is 23.4 Å². The Labute approximate surface area is 179 Å². The van der Waals surface area contributed by atoms with E-state index in [-0.39, 0.29) is 11.8 Å². The van der Waals surface area contributed by atoms with Gasteiger partial charge < -0.3 is 10.2 Å². The molecule has 0 unspecified atom stereocenters. The molecule has 0 heterocycles. The van der Waals surface area contributed by atoms with Crippen molar-refractivity contribution in [3.05, 3.63) is 70.2 Å². The molecule has 0 saturated carbocycles. The van der Waals surface area contributed by atoms with Crippen molar-refractivity contribution in [2.24, 2.45) is 0 Å². The molecule has 0 spiro atoms. The van der Waals surface area contributed by atoms with Crippen molar-refractivity contribution in [1.29, 1.82) is 0 Å². The minimum atomic E-state index is -0.521. The van der Waals surface area contributed by atoms with Crippen LogP contribution in [0, 0.1) is 0 Å². The SMILES string of the molecule is CC[C@@H](C(=O)NC)N(Cc1ccccc1Cl)C(=O)CCc1ccc(C(C)C)cc1. The molecule has 2 rings (SSSR count). The molecule has 0 bridgehead atoms. The molecular formula is C24H31ClN2O2. The van der Waals surface area contributed by atoms with Gasteiger partial charge in [-0.05, 0) is 41.5 Å². The Bertz CT molecular complexity index is 818. The first-order valence-electron chi connectivity index (χ1n) is 10.2. The molecular weight excluding hydrogens is 384 g/mol. The highest BCUT2D eigenvalue weighted by atomic mass is 35.5. The van der Waals surface area contributed by atoms with E-state index in [9.17, 15) is 9.59 Å². The van der Waals surface area contributed by atoms with Gasteiger partial charge in [-0.15, -0.1) is 0 Å². The standard InChI is InChI=1S/C24H31ClN2O2/c1-5-22(24(29)26-4)27(16-20-8-6-7-9-21(20)25)23(28)15-12-18-10-13-19(14-11-18)17(2)3/h6-11,13-14,17,22H,5,12,15-16H2,1-4H3,(H,26,29)/t22-/m0/s1. The van der Waals surface area contributed by atoms with Crippen LogP contribution < -0.4 is 5.32 Å². The molecule has 2 aromatic rings. The predicted molar refractivity (Wildman–Crippen MR) is 119 cm³/mol. The van der Waals surface area contributed by atoms with Gasteiger partial charge in [-0.2, -0.15) is 0 Å². The van der Waals surface area contributed by atoms with E-state index in [0.29, 0.717) is 36.7 Å². The average Bonchev–Trinajstić information content (AvgIpc) is 2.73. The van der Waals surface area contributed by atoms with Gasteiger partial charge in [0.2, 0.25) is 11.8 Å². The molecule has 0 aliphatic carbocycles. The van der Waals surface area contributed by atoms with Gasteiger partial charge in [-0.3, -0.25) is 9.59 Å². The fraction of sp³-hybridized carbons (Fsp3) is 0.417. The van der Waals surface area contributed by atoms with Gasteiger partial charge in [-0.25, -0.2) is 0 Å². The zero-order valence-corrected chi connectivity index (χ0v) is 18.5. The topological polar surface area (TPSA) is 49.4 Å². The lowest BCUT2D eigenvalue weighted by Crippen LogP contribution is -2.48. The number of aryl methyl sites for hydroxylation is 1. The monoisotopic (exact) mass is 414 g/mol. The molecule has 1 N–H and O–H groups in total. The van der Waals surface area contributed by atoms with E-state index in [4.69, 9.17) is 11.6 Å². The molecule has 1 atom stereocenters. The first-order chi connectivity index (χ1) is 13.9. The Hall–Kier alpha value is -2.33. The Kier molecular flexibility index (Phi) is 8.71. The van der Waals surface area contributed by atoms with Crippen molar-refractivity contribution in [3.8, 4) is 0 Å². The number of hydrogen-bond acceptors (Lipinski definition) is 2. The normalized spacial score (nSPS) is 11.9. The van der Waals surface area contributed by atoms with Crippen LogP contribution in [0.3, 0.4) is 0 Å². The van der Waals surface area contributed by atoms with Crippen LogP contribution in [0.15, 0.2) is 48.5 Å². The minimum absolute atomic E-state index is 0.0479. The highest BCUT2D eigenvalue weighted by Crippen LogP contribution is 2.21. The number of amides is 2. The minimum Gasteiger partial charge on any atom is -0.357 e. The summed E-state index contributed by atoms with van der Waals surface area (Å²) in [5, 5.41) is 3.27. The number of halogens is 1. The van der Waals surface area contributed by atoms with E-state index in [1.807, 2.05) is 25.1 Å². The van der Waals surface area contributed by atoms with Crippen LogP contribution in [0.25, 0.3) is 0 Å². The van der Waals surface area contributed by atoms with Gasteiger partial charge in [0, 0.05) is 25.0 Å². The summed E-state index contributed by atoms with van der Waals surface area (Å²) >= 11 is 6.31. The van der Waals surface area contributed by atoms with Gasteiger partial charge in [0.05, 0.1) is 0 Å². The first kappa shape index (κ1) is 23.0. The number of nitrogens with zero attached hydrogens (tertiary/aromatic N) is 1. The molecule has 0 radical (unpaired) electrons. The zero-order chi connectivity index (χ0) is 21.4. The number of rotatable bonds is 9. The average molecular weight is 415 g/mol. The predicted octanol–water partition coefficient (Wildman–Crippen LogP) is 4.95. The smallest absolute Gasteiger partial charge is 0.242 e. The fourth-order valence-electron chi connectivity index (χ4n) is 3.36. The lowest BCUT2D eigenvalue weighted by Gasteiger charge is -2.30. The largest absolute Gasteiger partial charge is 0.357 e. The van der Waals surface area contributed by atoms with Gasteiger partial charge in [0.1, 0.15) is 6.04 Å². The summed E-state index contributed by atoms with van der Waals surface area (Å²) in [5.41, 5.74) is 3.24. The fourth-order valence-corrected chi connectivity index (χ4v) is 3.56. The summed E-state index contributed by atoms with van der Waals surface area (Å²) in [6.07, 6.45) is 1.53. The van der Waals surface area contributed by atoms with Gasteiger partial charge in [-0.1, -0.05) is 74.8 Å². The summed E-state index contributed by atoms with van der Waals surface area (Å²) < 4.78 is 0. The third kappa shape index (κ3) is 6.33. The van der Waals surface area contributed by atoms with Crippen molar-refractivity contribution < 1.29 is 9.59 Å². The maximum atomic E-state index is 13.1. The molecule has 5 heteroatoms. The number of hydrogen-bond donors (Lipinski definition) is 1. The quantitative estimate of drug-likeness (QED) is 0.631. The molecule has 2 amide bonds. The lowest BCUT2D eigenvalue weighted by molar-refractivity contribution is -0.141. The van der Waals surface area contributed by atoms with E-state index in [2.05, 4.69) is 43.4 Å². The van der Waals surface area contributed by atoms with Crippen LogP contribution in [0.5, 0.6) is 0 Å². The summed E-state index contributed by atoms with van der Waals surface area (Å²) in [6.45, 7) is 6.55. The second-order valence-electron chi connectivity index (χ2n) is 7.55. The van der Waals surface area contributed by atoms with Crippen LogP contribution >= 0.6 is 11.6 Å². The number of carbonyl (C=O) groups is 2. The maximum Gasteiger partial charge on any atom is 0.242 e. The number of carbonyl (C=O) groups excluding carboxylic acids is 2. The Morgan fingerprint density at radius 3 is 2.28 bits per heavy atom. The Morgan fingerprint density at radius 2 is 1.72 bits per heavy atom. The van der Waals surface area contributed by atoms with Crippen LogP contribution in [0.2, 0.25) is 5.02 Å². The van der Waals surface area contributed by atoms with E-state index < -0.39 is 6.04 Å². The Balaban J connectivity index is 2.16. The molecule has 0 saturated heterocycles. The Morgan fingerprint density at radius 1 is 1.07 bits per heavy atom. The molecule has 156 valence electrons. The summed E-state index contributed by atoms with van der Waals surface area (Å²) in [6, 6.07) is 15.3. The van der Waals surface area contributed by atoms with E-state index in [1.165, 1.54) is 5.56 Å². The number of nitrogens with one attached hydrogen (secondary N) is 1. The van der Waals surface area contributed by atoms with Crippen LogP contribution in [-0.2, 0) is 22.6 Å². The van der Waals surface area contributed by atoms with E-state index >= 15 is 0 Å². The van der Waals surface area contributed by atoms with Gasteiger partial charge >= 0.3 is 0 Å². The third-order valence-electron chi connectivity index (χ3n) is 5.20. The highest BCUT2D eigenvalue weighted by molar-refractivity contribution is 6.31. The second kappa shape index (κ2) is 11.0. The maximum absolute atomic E-state index is 13.1. The van der Waals surface area contributed by atoms with E-state index in [0.717, 1.165) is 11.1 Å². The van der Waals surface area contributed by atoms with Crippen molar-refractivity contribution in [3.63, 3.8) is 0 Å². The molecule has 0 aliphatic rings.